The lowest BCUT2D eigenvalue weighted by Gasteiger charge is -2.04. The van der Waals surface area contributed by atoms with Crippen molar-refractivity contribution in [2.45, 2.75) is 0 Å². The fourth-order valence-electron chi connectivity index (χ4n) is 0.879. The quantitative estimate of drug-likeness (QED) is 0.652. The number of hydrogen-bond acceptors (Lipinski definition) is 4. The van der Waals surface area contributed by atoms with E-state index in [1.54, 1.807) is 0 Å². The molecule has 1 aromatic rings. The number of nitrogens with two attached hydrogens (primary N) is 1. The minimum atomic E-state index is -0.499. The summed E-state index contributed by atoms with van der Waals surface area (Å²) in [6.45, 7) is 0.0430. The van der Waals surface area contributed by atoms with Crippen molar-refractivity contribution in [2.75, 3.05) is 11.9 Å². The number of benzene rings is 1. The van der Waals surface area contributed by atoms with E-state index in [0.29, 0.717) is 0 Å². The highest BCUT2D eigenvalue weighted by Gasteiger charge is 2.03. The van der Waals surface area contributed by atoms with Gasteiger partial charge in [-0.1, -0.05) is 18.2 Å². The minimum absolute atomic E-state index is 0. The topological polar surface area (TPSA) is 64.3 Å². The van der Waals surface area contributed by atoms with E-state index >= 15 is 0 Å². The second-order valence-electron chi connectivity index (χ2n) is 2.51. The van der Waals surface area contributed by atoms with Crippen LogP contribution in [0.25, 0.3) is 0 Å². The maximum absolute atomic E-state index is 11.0. The summed E-state index contributed by atoms with van der Waals surface area (Å²) in [6, 6.07) is 9.29. The van der Waals surface area contributed by atoms with Crippen LogP contribution in [-0.4, -0.2) is 17.7 Å². The van der Waals surface area contributed by atoms with E-state index < -0.39 is 5.97 Å². The summed E-state index contributed by atoms with van der Waals surface area (Å²) in [5.41, 5.74) is 5.86. The average Bonchev–Trinajstić information content (AvgIpc) is 2.15. The molecule has 1 rings (SSSR count). The molecule has 0 aliphatic heterocycles. The van der Waals surface area contributed by atoms with Crippen molar-refractivity contribution in [3.05, 3.63) is 30.3 Å². The largest absolute Gasteiger partial charge is 0.398 e. The normalized spacial score (nSPS) is 8.53. The molecule has 6 heteroatoms. The Bertz CT molecular complexity index is 332. The summed E-state index contributed by atoms with van der Waals surface area (Å²) < 4.78 is 4.48. The Morgan fingerprint density at radius 1 is 1.40 bits per heavy atom. The van der Waals surface area contributed by atoms with Gasteiger partial charge in [0, 0.05) is 5.69 Å². The van der Waals surface area contributed by atoms with Crippen molar-refractivity contribution in [3.63, 3.8) is 0 Å². The number of halogens is 1. The van der Waals surface area contributed by atoms with Crippen molar-refractivity contribution in [1.82, 2.24) is 0 Å². The number of ether oxygens (including phenoxy) is 1. The Morgan fingerprint density at radius 3 is 2.53 bits per heavy atom. The van der Waals surface area contributed by atoms with Gasteiger partial charge in [-0.15, -0.1) is 17.0 Å². The van der Waals surface area contributed by atoms with E-state index in [1.807, 2.05) is 30.3 Å². The zero-order valence-corrected chi connectivity index (χ0v) is 10.3. The van der Waals surface area contributed by atoms with E-state index in [4.69, 9.17) is 5.73 Å². The third-order valence-electron chi connectivity index (χ3n) is 1.43. The third-order valence-corrected chi connectivity index (χ3v) is 1.51. The second kappa shape index (κ2) is 7.19. The number of nitrogens with one attached hydrogen (secondary N) is 1. The molecular formula is C9H11BrN2O2S. The Balaban J connectivity index is 0.00000196. The third kappa shape index (κ3) is 6.03. The van der Waals surface area contributed by atoms with Crippen molar-refractivity contribution >= 4 is 46.0 Å². The summed E-state index contributed by atoms with van der Waals surface area (Å²) in [5, 5.41) is 2.60. The van der Waals surface area contributed by atoms with Crippen LogP contribution in [-0.2, 0) is 9.53 Å². The molecule has 3 N–H and O–H groups in total. The van der Waals surface area contributed by atoms with Gasteiger partial charge in [-0.3, -0.25) is 0 Å². The molecule has 0 atom stereocenters. The van der Waals surface area contributed by atoms with E-state index in [-0.39, 0.29) is 28.7 Å². The smallest absolute Gasteiger partial charge is 0.332 e. The monoisotopic (exact) mass is 290 g/mol. The van der Waals surface area contributed by atoms with Crippen LogP contribution < -0.4 is 11.1 Å². The predicted octanol–water partition coefficient (Wildman–Crippen LogP) is 1.46. The fraction of sp³-hybridized carbons (Fsp3) is 0.111. The molecule has 0 fully saturated rings. The minimum Gasteiger partial charge on any atom is -0.398 e. The summed E-state index contributed by atoms with van der Waals surface area (Å²) >= 11 is 4.41. The molecule has 0 radical (unpaired) electrons. The van der Waals surface area contributed by atoms with E-state index in [0.717, 1.165) is 5.69 Å². The Labute approximate surface area is 104 Å². The Kier molecular flexibility index (Phi) is 6.64. The van der Waals surface area contributed by atoms with Crippen LogP contribution in [0.4, 0.5) is 5.69 Å². The first-order valence-corrected chi connectivity index (χ1v) is 4.38. The van der Waals surface area contributed by atoms with Crippen molar-refractivity contribution in [1.29, 1.82) is 0 Å². The SMILES string of the molecule is Br.NC(=S)OC(=O)CNc1ccccc1. The lowest BCUT2D eigenvalue weighted by atomic mass is 10.3. The first-order valence-electron chi connectivity index (χ1n) is 3.97. The van der Waals surface area contributed by atoms with Gasteiger partial charge in [0.2, 0.25) is 0 Å². The van der Waals surface area contributed by atoms with Crippen LogP contribution in [0.5, 0.6) is 0 Å². The molecule has 0 aromatic heterocycles. The first-order chi connectivity index (χ1) is 6.68. The Hall–Kier alpha value is -1.14. The van der Waals surface area contributed by atoms with Gasteiger partial charge in [0.15, 0.2) is 0 Å². The van der Waals surface area contributed by atoms with E-state index in [1.165, 1.54) is 0 Å². The van der Waals surface area contributed by atoms with Crippen molar-refractivity contribution in [3.8, 4) is 0 Å². The average molecular weight is 291 g/mol. The van der Waals surface area contributed by atoms with E-state index in [9.17, 15) is 4.79 Å². The highest BCUT2D eigenvalue weighted by molar-refractivity contribution is 8.93. The maximum atomic E-state index is 11.0. The van der Waals surface area contributed by atoms with Gasteiger partial charge in [0.1, 0.15) is 6.54 Å². The summed E-state index contributed by atoms with van der Waals surface area (Å²) in [4.78, 5) is 11.0. The molecule has 0 unspecified atom stereocenters. The molecule has 0 saturated heterocycles. The highest BCUT2D eigenvalue weighted by atomic mass is 79.9. The first kappa shape index (κ1) is 13.9. The van der Waals surface area contributed by atoms with Crippen LogP contribution in [0.15, 0.2) is 30.3 Å². The van der Waals surface area contributed by atoms with Gasteiger partial charge < -0.3 is 15.8 Å². The summed E-state index contributed by atoms with van der Waals surface area (Å²) in [5.74, 6) is -0.499. The lowest BCUT2D eigenvalue weighted by Crippen LogP contribution is -2.23. The molecule has 82 valence electrons. The standard InChI is InChI=1S/C9H10N2O2S.BrH/c10-9(14)13-8(12)6-11-7-4-2-1-3-5-7;/h1-5,11H,6H2,(H2,10,14);1H. The highest BCUT2D eigenvalue weighted by Crippen LogP contribution is 2.03. The van der Waals surface area contributed by atoms with Crippen LogP contribution in [0.1, 0.15) is 0 Å². The van der Waals surface area contributed by atoms with Gasteiger partial charge >= 0.3 is 5.97 Å². The molecule has 0 aliphatic rings. The number of hydrogen-bond donors (Lipinski definition) is 2. The lowest BCUT2D eigenvalue weighted by molar-refractivity contribution is -0.133. The summed E-state index contributed by atoms with van der Waals surface area (Å²) in [6.07, 6.45) is 0. The van der Waals surface area contributed by atoms with Gasteiger partial charge in [-0.25, -0.2) is 4.79 Å². The molecule has 15 heavy (non-hydrogen) atoms. The zero-order valence-electron chi connectivity index (χ0n) is 7.80. The molecule has 0 aliphatic carbocycles. The maximum Gasteiger partial charge on any atom is 0.332 e. The van der Waals surface area contributed by atoms with Gasteiger partial charge in [-0.05, 0) is 24.4 Å². The zero-order chi connectivity index (χ0) is 10.4. The number of esters is 1. The molecule has 0 saturated carbocycles. The van der Waals surface area contributed by atoms with Crippen LogP contribution in [0.2, 0.25) is 0 Å². The van der Waals surface area contributed by atoms with E-state index in [2.05, 4.69) is 22.3 Å². The van der Waals surface area contributed by atoms with Crippen LogP contribution >= 0.6 is 29.2 Å². The van der Waals surface area contributed by atoms with Crippen LogP contribution in [0.3, 0.4) is 0 Å². The van der Waals surface area contributed by atoms with Gasteiger partial charge in [0.05, 0.1) is 0 Å². The van der Waals surface area contributed by atoms with Crippen molar-refractivity contribution in [2.24, 2.45) is 5.73 Å². The molecule has 0 amide bonds. The second-order valence-corrected chi connectivity index (χ2v) is 2.92. The summed E-state index contributed by atoms with van der Waals surface area (Å²) in [7, 11) is 0. The predicted molar refractivity (Wildman–Crippen MR) is 68.1 cm³/mol. The molecular weight excluding hydrogens is 280 g/mol. The van der Waals surface area contributed by atoms with Gasteiger partial charge in [0.25, 0.3) is 5.17 Å². The Morgan fingerprint density at radius 2 is 2.00 bits per heavy atom. The van der Waals surface area contributed by atoms with Gasteiger partial charge in [-0.2, -0.15) is 0 Å². The molecule has 1 aromatic carbocycles. The molecule has 4 nitrogen and oxygen atoms in total. The molecule has 0 spiro atoms. The van der Waals surface area contributed by atoms with Crippen LogP contribution in [0, 0.1) is 0 Å². The number of carbonyl (C=O) groups excluding carboxylic acids is 1. The number of thiocarbonyl (C=S) groups is 1. The van der Waals surface area contributed by atoms with Crippen molar-refractivity contribution < 1.29 is 9.53 Å². The fourth-order valence-corrected chi connectivity index (χ4v) is 0.971. The number of rotatable bonds is 3. The number of carbonyl (C=O) groups is 1. The number of para-hydroxylation sites is 1. The molecule has 0 bridgehead atoms. The number of anilines is 1. The molecule has 0 heterocycles.